The van der Waals surface area contributed by atoms with Gasteiger partial charge in [0.05, 0.1) is 13.0 Å². The van der Waals surface area contributed by atoms with Crippen LogP contribution in [0.4, 0.5) is 0 Å². The van der Waals surface area contributed by atoms with Crippen molar-refractivity contribution in [1.82, 2.24) is 15.1 Å². The van der Waals surface area contributed by atoms with Crippen LogP contribution < -0.4 is 5.32 Å². The summed E-state index contributed by atoms with van der Waals surface area (Å²) >= 11 is 0. The van der Waals surface area contributed by atoms with Crippen LogP contribution in [-0.2, 0) is 16.0 Å². The second-order valence-electron chi connectivity index (χ2n) is 7.89. The molecule has 1 aliphatic heterocycles. The molecular formula is C24H29N3O3. The summed E-state index contributed by atoms with van der Waals surface area (Å²) in [6.45, 7) is 6.17. The van der Waals surface area contributed by atoms with Crippen LogP contribution in [0.3, 0.4) is 0 Å². The quantitative estimate of drug-likeness (QED) is 0.800. The molecule has 3 rings (SSSR count). The first kappa shape index (κ1) is 21.6. The molecule has 6 nitrogen and oxygen atoms in total. The molecule has 158 valence electrons. The van der Waals surface area contributed by atoms with E-state index in [0.717, 1.165) is 5.56 Å². The van der Waals surface area contributed by atoms with E-state index in [4.69, 9.17) is 0 Å². The van der Waals surface area contributed by atoms with Gasteiger partial charge in [-0.05, 0) is 29.2 Å². The number of hydrogen-bond donors (Lipinski definition) is 1. The molecule has 0 spiro atoms. The van der Waals surface area contributed by atoms with Gasteiger partial charge in [0, 0.05) is 31.7 Å². The largest absolute Gasteiger partial charge is 0.347 e. The summed E-state index contributed by atoms with van der Waals surface area (Å²) in [6.07, 6.45) is 0.256. The zero-order valence-corrected chi connectivity index (χ0v) is 17.6. The summed E-state index contributed by atoms with van der Waals surface area (Å²) in [7, 11) is 0. The van der Waals surface area contributed by atoms with Gasteiger partial charge in [0.25, 0.3) is 5.91 Å². The highest BCUT2D eigenvalue weighted by Crippen LogP contribution is 2.16. The van der Waals surface area contributed by atoms with Crippen molar-refractivity contribution in [2.24, 2.45) is 0 Å². The van der Waals surface area contributed by atoms with Gasteiger partial charge >= 0.3 is 0 Å². The zero-order valence-electron chi connectivity index (χ0n) is 17.6. The maximum atomic E-state index is 12.7. The lowest BCUT2D eigenvalue weighted by molar-refractivity contribution is -0.133. The van der Waals surface area contributed by atoms with Crippen molar-refractivity contribution < 1.29 is 14.4 Å². The van der Waals surface area contributed by atoms with Gasteiger partial charge in [-0.15, -0.1) is 0 Å². The Morgan fingerprint density at radius 2 is 1.47 bits per heavy atom. The number of piperazine rings is 1. The van der Waals surface area contributed by atoms with Crippen LogP contribution in [0.1, 0.15) is 41.3 Å². The average Bonchev–Trinajstić information content (AvgIpc) is 2.78. The first-order chi connectivity index (χ1) is 14.4. The molecule has 1 fully saturated rings. The van der Waals surface area contributed by atoms with Gasteiger partial charge < -0.3 is 15.1 Å². The maximum Gasteiger partial charge on any atom is 0.253 e. The molecule has 1 N–H and O–H groups in total. The lowest BCUT2D eigenvalue weighted by Gasteiger charge is -2.35. The number of rotatable bonds is 6. The molecule has 1 saturated heterocycles. The molecule has 0 bridgehead atoms. The summed E-state index contributed by atoms with van der Waals surface area (Å²) in [5.41, 5.74) is 2.79. The van der Waals surface area contributed by atoms with Crippen molar-refractivity contribution in [3.05, 3.63) is 71.3 Å². The summed E-state index contributed by atoms with van der Waals surface area (Å²) in [5, 5.41) is 2.69. The van der Waals surface area contributed by atoms with Gasteiger partial charge in [-0.1, -0.05) is 56.3 Å². The second kappa shape index (κ2) is 10.1. The Bertz CT molecular complexity index is 870. The van der Waals surface area contributed by atoms with E-state index < -0.39 is 0 Å². The topological polar surface area (TPSA) is 69.7 Å². The van der Waals surface area contributed by atoms with Gasteiger partial charge in [0.15, 0.2) is 0 Å². The molecular weight excluding hydrogens is 378 g/mol. The smallest absolute Gasteiger partial charge is 0.253 e. The van der Waals surface area contributed by atoms with Crippen molar-refractivity contribution in [3.8, 4) is 0 Å². The minimum Gasteiger partial charge on any atom is -0.347 e. The highest BCUT2D eigenvalue weighted by Gasteiger charge is 2.25. The molecule has 0 aliphatic carbocycles. The zero-order chi connectivity index (χ0) is 21.5. The number of nitrogens with zero attached hydrogens (tertiary/aromatic N) is 2. The summed E-state index contributed by atoms with van der Waals surface area (Å²) < 4.78 is 0. The standard InChI is InChI=1S/C24H29N3O3/c1-18(2)20-8-10-21(11-9-20)24(30)27-14-12-26(13-15-27)23(29)17-25-22(28)16-19-6-4-3-5-7-19/h3-11,18H,12-17H2,1-2H3,(H,25,28). The van der Waals surface area contributed by atoms with Crippen LogP contribution in [-0.4, -0.2) is 60.2 Å². The lowest BCUT2D eigenvalue weighted by Crippen LogP contribution is -2.52. The summed E-state index contributed by atoms with van der Waals surface area (Å²) in [5.74, 6) is 0.128. The number of nitrogens with one attached hydrogen (secondary N) is 1. The van der Waals surface area contributed by atoms with Gasteiger partial charge in [-0.2, -0.15) is 0 Å². The Balaban J connectivity index is 1.43. The first-order valence-corrected chi connectivity index (χ1v) is 10.4. The van der Waals surface area contributed by atoms with E-state index in [0.29, 0.717) is 37.7 Å². The Labute approximate surface area is 177 Å². The molecule has 0 aromatic heterocycles. The van der Waals surface area contributed by atoms with Crippen molar-refractivity contribution in [2.75, 3.05) is 32.7 Å². The van der Waals surface area contributed by atoms with Crippen molar-refractivity contribution in [2.45, 2.75) is 26.2 Å². The highest BCUT2D eigenvalue weighted by molar-refractivity contribution is 5.94. The van der Waals surface area contributed by atoms with Gasteiger partial charge in [0.1, 0.15) is 0 Å². The van der Waals surface area contributed by atoms with E-state index in [9.17, 15) is 14.4 Å². The molecule has 0 atom stereocenters. The third-order valence-corrected chi connectivity index (χ3v) is 5.39. The number of carbonyl (C=O) groups is 3. The summed E-state index contributed by atoms with van der Waals surface area (Å²) in [4.78, 5) is 40.6. The molecule has 1 heterocycles. The minimum atomic E-state index is -0.173. The fourth-order valence-electron chi connectivity index (χ4n) is 3.48. The lowest BCUT2D eigenvalue weighted by atomic mass is 10.0. The third-order valence-electron chi connectivity index (χ3n) is 5.39. The SMILES string of the molecule is CC(C)c1ccc(C(=O)N2CCN(C(=O)CNC(=O)Cc3ccccc3)CC2)cc1. The molecule has 3 amide bonds. The van der Waals surface area contributed by atoms with E-state index in [1.165, 1.54) is 5.56 Å². The molecule has 0 radical (unpaired) electrons. The van der Waals surface area contributed by atoms with Crippen molar-refractivity contribution in [1.29, 1.82) is 0 Å². The normalized spacial score (nSPS) is 14.0. The van der Waals surface area contributed by atoms with Gasteiger partial charge in [0.2, 0.25) is 11.8 Å². The molecule has 0 saturated carbocycles. The Kier molecular flexibility index (Phi) is 7.22. The van der Waals surface area contributed by atoms with Crippen LogP contribution in [0.5, 0.6) is 0 Å². The Morgan fingerprint density at radius 3 is 2.07 bits per heavy atom. The van der Waals surface area contributed by atoms with E-state index in [1.807, 2.05) is 54.6 Å². The highest BCUT2D eigenvalue weighted by atomic mass is 16.2. The summed E-state index contributed by atoms with van der Waals surface area (Å²) in [6, 6.07) is 17.2. The second-order valence-corrected chi connectivity index (χ2v) is 7.89. The monoisotopic (exact) mass is 407 g/mol. The average molecular weight is 408 g/mol. The van der Waals surface area contributed by atoms with E-state index in [1.54, 1.807) is 9.80 Å². The predicted molar refractivity (Wildman–Crippen MR) is 116 cm³/mol. The van der Waals surface area contributed by atoms with Gasteiger partial charge in [-0.3, -0.25) is 14.4 Å². The van der Waals surface area contributed by atoms with Crippen LogP contribution >= 0.6 is 0 Å². The maximum absolute atomic E-state index is 12.7. The fourth-order valence-corrected chi connectivity index (χ4v) is 3.48. The molecule has 2 aromatic rings. The molecule has 30 heavy (non-hydrogen) atoms. The van der Waals surface area contributed by atoms with Crippen LogP contribution in [0.2, 0.25) is 0 Å². The number of benzene rings is 2. The predicted octanol–water partition coefficient (Wildman–Crippen LogP) is 2.45. The van der Waals surface area contributed by atoms with Crippen LogP contribution in [0.15, 0.2) is 54.6 Å². The minimum absolute atomic E-state index is 0.00595. The van der Waals surface area contributed by atoms with E-state index in [-0.39, 0.29) is 30.7 Å². The van der Waals surface area contributed by atoms with Gasteiger partial charge in [-0.25, -0.2) is 0 Å². The molecule has 6 heteroatoms. The van der Waals surface area contributed by atoms with Crippen molar-refractivity contribution >= 4 is 17.7 Å². The van der Waals surface area contributed by atoms with E-state index in [2.05, 4.69) is 19.2 Å². The molecule has 0 unspecified atom stereocenters. The third kappa shape index (κ3) is 5.69. The van der Waals surface area contributed by atoms with E-state index >= 15 is 0 Å². The Morgan fingerprint density at radius 1 is 0.867 bits per heavy atom. The fraction of sp³-hybridized carbons (Fsp3) is 0.375. The molecule has 1 aliphatic rings. The number of carbonyl (C=O) groups excluding carboxylic acids is 3. The number of amides is 3. The van der Waals surface area contributed by atoms with Crippen LogP contribution in [0.25, 0.3) is 0 Å². The number of hydrogen-bond acceptors (Lipinski definition) is 3. The first-order valence-electron chi connectivity index (χ1n) is 10.4. The Hall–Kier alpha value is -3.15. The van der Waals surface area contributed by atoms with Crippen LogP contribution in [0, 0.1) is 0 Å². The van der Waals surface area contributed by atoms with Crippen molar-refractivity contribution in [3.63, 3.8) is 0 Å². The molecule has 2 aromatic carbocycles.